The zero-order valence-electron chi connectivity index (χ0n) is 11.0. The molecule has 0 saturated carbocycles. The van der Waals surface area contributed by atoms with Crippen LogP contribution in [0.3, 0.4) is 0 Å². The summed E-state index contributed by atoms with van der Waals surface area (Å²) in [6.07, 6.45) is -0.0950. The van der Waals surface area contributed by atoms with Crippen molar-refractivity contribution in [3.8, 4) is 5.75 Å². The van der Waals surface area contributed by atoms with E-state index in [0.717, 1.165) is 16.8 Å². The number of hydrogen-bond acceptors (Lipinski definition) is 4. The summed E-state index contributed by atoms with van der Waals surface area (Å²) in [5, 5.41) is 0. The Hall–Kier alpha value is -1.04. The zero-order chi connectivity index (χ0) is 12.9. The third kappa shape index (κ3) is 1.74. The first-order valence-corrected chi connectivity index (χ1v) is 6.31. The molecule has 0 aromatic heterocycles. The standard InChI is InChI=1S/C13H18BNO3/c1-8-4-5-9-12-11(8)10(6-15)17-14(12)18-13(2,3)7-16-9/h4-5,10H,6-7,15H2,1-3H3. The van der Waals surface area contributed by atoms with Crippen LogP contribution in [0.25, 0.3) is 0 Å². The summed E-state index contributed by atoms with van der Waals surface area (Å²) in [5.41, 5.74) is 8.77. The molecular weight excluding hydrogens is 229 g/mol. The molecule has 0 saturated heterocycles. The van der Waals surface area contributed by atoms with Crippen molar-refractivity contribution in [2.24, 2.45) is 5.73 Å². The van der Waals surface area contributed by atoms with Gasteiger partial charge in [0.1, 0.15) is 12.4 Å². The van der Waals surface area contributed by atoms with Gasteiger partial charge in [-0.2, -0.15) is 0 Å². The number of rotatable bonds is 1. The molecule has 4 nitrogen and oxygen atoms in total. The predicted molar refractivity (Wildman–Crippen MR) is 70.1 cm³/mol. The Morgan fingerprint density at radius 2 is 2.22 bits per heavy atom. The maximum atomic E-state index is 6.01. The highest BCUT2D eigenvalue weighted by molar-refractivity contribution is 6.64. The zero-order valence-corrected chi connectivity index (χ0v) is 11.0. The molecule has 3 rings (SSSR count). The van der Waals surface area contributed by atoms with Crippen molar-refractivity contribution in [3.63, 3.8) is 0 Å². The molecule has 0 bridgehead atoms. The number of ether oxygens (including phenoxy) is 1. The van der Waals surface area contributed by atoms with Crippen LogP contribution >= 0.6 is 0 Å². The van der Waals surface area contributed by atoms with Crippen molar-refractivity contribution in [1.82, 2.24) is 0 Å². The van der Waals surface area contributed by atoms with Crippen LogP contribution in [0.5, 0.6) is 5.75 Å². The van der Waals surface area contributed by atoms with Gasteiger partial charge in [-0.25, -0.2) is 0 Å². The Labute approximate surface area is 108 Å². The van der Waals surface area contributed by atoms with Crippen LogP contribution in [0.2, 0.25) is 0 Å². The molecular formula is C13H18BNO3. The average Bonchev–Trinajstić information content (AvgIpc) is 2.61. The third-order valence-electron chi connectivity index (χ3n) is 3.53. The molecule has 0 spiro atoms. The lowest BCUT2D eigenvalue weighted by atomic mass is 9.76. The van der Waals surface area contributed by atoms with Gasteiger partial charge in [-0.15, -0.1) is 0 Å². The van der Waals surface area contributed by atoms with Gasteiger partial charge >= 0.3 is 7.12 Å². The topological polar surface area (TPSA) is 53.7 Å². The monoisotopic (exact) mass is 247 g/mol. The van der Waals surface area contributed by atoms with Gasteiger partial charge in [0.15, 0.2) is 0 Å². The molecule has 0 aliphatic carbocycles. The van der Waals surface area contributed by atoms with Gasteiger partial charge in [-0.1, -0.05) is 6.07 Å². The van der Waals surface area contributed by atoms with E-state index in [1.54, 1.807) is 0 Å². The van der Waals surface area contributed by atoms with Gasteiger partial charge in [0, 0.05) is 12.0 Å². The second-order valence-electron chi connectivity index (χ2n) is 5.57. The van der Waals surface area contributed by atoms with Crippen LogP contribution in [-0.4, -0.2) is 25.9 Å². The second-order valence-corrected chi connectivity index (χ2v) is 5.57. The summed E-state index contributed by atoms with van der Waals surface area (Å²) in [6.45, 7) is 7.06. The smallest absolute Gasteiger partial charge is 0.491 e. The van der Waals surface area contributed by atoms with Crippen LogP contribution < -0.4 is 15.9 Å². The van der Waals surface area contributed by atoms with Crippen LogP contribution in [-0.2, 0) is 9.31 Å². The Balaban J connectivity index is 2.13. The molecule has 0 amide bonds. The Morgan fingerprint density at radius 3 is 2.94 bits per heavy atom. The van der Waals surface area contributed by atoms with Crippen molar-refractivity contribution in [1.29, 1.82) is 0 Å². The van der Waals surface area contributed by atoms with E-state index in [0.29, 0.717) is 13.2 Å². The fourth-order valence-corrected chi connectivity index (χ4v) is 2.64. The highest BCUT2D eigenvalue weighted by atomic mass is 16.6. The third-order valence-corrected chi connectivity index (χ3v) is 3.53. The first-order valence-electron chi connectivity index (χ1n) is 6.31. The van der Waals surface area contributed by atoms with Crippen molar-refractivity contribution in [2.45, 2.75) is 32.5 Å². The first-order chi connectivity index (χ1) is 8.52. The van der Waals surface area contributed by atoms with E-state index in [-0.39, 0.29) is 18.8 Å². The molecule has 0 radical (unpaired) electrons. The highest BCUT2D eigenvalue weighted by Gasteiger charge is 2.45. The van der Waals surface area contributed by atoms with Crippen LogP contribution in [0.4, 0.5) is 0 Å². The number of benzene rings is 1. The summed E-state index contributed by atoms with van der Waals surface area (Å²) < 4.78 is 17.8. The Kier molecular flexibility index (Phi) is 2.66. The fourth-order valence-electron chi connectivity index (χ4n) is 2.64. The Morgan fingerprint density at radius 1 is 1.44 bits per heavy atom. The van der Waals surface area contributed by atoms with Crippen LogP contribution in [0.1, 0.15) is 31.1 Å². The number of hydrogen-bond donors (Lipinski definition) is 1. The van der Waals surface area contributed by atoms with E-state index in [2.05, 4.69) is 13.0 Å². The minimum atomic E-state index is -0.363. The quantitative estimate of drug-likeness (QED) is 0.749. The molecule has 1 atom stereocenters. The van der Waals surface area contributed by atoms with E-state index in [1.807, 2.05) is 19.9 Å². The summed E-state index contributed by atoms with van der Waals surface area (Å²) in [4.78, 5) is 0. The van der Waals surface area contributed by atoms with Crippen molar-refractivity contribution < 1.29 is 14.0 Å². The minimum Gasteiger partial charge on any atom is -0.491 e. The minimum absolute atomic E-state index is 0.0950. The van der Waals surface area contributed by atoms with Crippen LogP contribution in [0, 0.1) is 6.92 Å². The number of nitrogens with two attached hydrogens (primary N) is 1. The largest absolute Gasteiger partial charge is 0.499 e. The summed E-state index contributed by atoms with van der Waals surface area (Å²) in [5.74, 6) is 0.863. The average molecular weight is 247 g/mol. The lowest BCUT2D eigenvalue weighted by Gasteiger charge is -2.25. The molecule has 2 heterocycles. The summed E-state index contributed by atoms with van der Waals surface area (Å²) >= 11 is 0. The molecule has 2 N–H and O–H groups in total. The molecule has 1 aromatic rings. The second kappa shape index (κ2) is 3.98. The molecule has 2 aliphatic rings. The van der Waals surface area contributed by atoms with Gasteiger partial charge in [0.2, 0.25) is 0 Å². The normalized spacial score (nSPS) is 24.4. The lowest BCUT2D eigenvalue weighted by molar-refractivity contribution is 0.0281. The maximum absolute atomic E-state index is 6.01. The van der Waals surface area contributed by atoms with E-state index in [4.69, 9.17) is 19.8 Å². The summed E-state index contributed by atoms with van der Waals surface area (Å²) in [7, 11) is -0.360. The molecule has 5 heteroatoms. The highest BCUT2D eigenvalue weighted by Crippen LogP contribution is 2.34. The first kappa shape index (κ1) is 12.0. The van der Waals surface area contributed by atoms with Crippen molar-refractivity contribution in [3.05, 3.63) is 23.3 Å². The molecule has 1 unspecified atom stereocenters. The predicted octanol–water partition coefficient (Wildman–Crippen LogP) is 0.908. The molecule has 18 heavy (non-hydrogen) atoms. The number of aryl methyl sites for hydroxylation is 1. The van der Waals surface area contributed by atoms with Gasteiger partial charge in [-0.05, 0) is 38.0 Å². The molecule has 0 fully saturated rings. The SMILES string of the molecule is Cc1ccc2c3c1C(CN)OB3OC(C)(C)CO2. The maximum Gasteiger partial charge on any atom is 0.499 e. The van der Waals surface area contributed by atoms with Gasteiger partial charge < -0.3 is 19.8 Å². The van der Waals surface area contributed by atoms with E-state index in [1.165, 1.54) is 5.56 Å². The van der Waals surface area contributed by atoms with Crippen LogP contribution in [0.15, 0.2) is 12.1 Å². The molecule has 2 aliphatic heterocycles. The van der Waals surface area contributed by atoms with E-state index >= 15 is 0 Å². The van der Waals surface area contributed by atoms with Gasteiger partial charge in [-0.3, -0.25) is 0 Å². The van der Waals surface area contributed by atoms with Crippen molar-refractivity contribution >= 4 is 12.6 Å². The molecule has 96 valence electrons. The summed E-state index contributed by atoms with van der Waals surface area (Å²) in [6, 6.07) is 4.05. The van der Waals surface area contributed by atoms with Gasteiger partial charge in [0.05, 0.1) is 11.7 Å². The lowest BCUT2D eigenvalue weighted by Crippen LogP contribution is -2.40. The van der Waals surface area contributed by atoms with Crippen molar-refractivity contribution in [2.75, 3.05) is 13.2 Å². The van der Waals surface area contributed by atoms with E-state index < -0.39 is 0 Å². The molecule has 1 aromatic carbocycles. The Bertz CT molecular complexity index is 489. The van der Waals surface area contributed by atoms with E-state index in [9.17, 15) is 0 Å². The fraction of sp³-hybridized carbons (Fsp3) is 0.538. The van der Waals surface area contributed by atoms with Gasteiger partial charge in [0.25, 0.3) is 0 Å².